The number of carbonyl (C=O) groups excluding carboxylic acids is 2. The molecule has 2 atom stereocenters. The van der Waals surface area contributed by atoms with E-state index in [4.69, 9.17) is 25.3 Å². The number of imidazole rings is 3. The molecule has 1 aliphatic heterocycles. The Hall–Kier alpha value is -10.8. The first-order valence-corrected chi connectivity index (χ1v) is 35.3. The van der Waals surface area contributed by atoms with Gasteiger partial charge in [0.15, 0.2) is 0 Å². The van der Waals surface area contributed by atoms with Gasteiger partial charge in [0.1, 0.15) is 40.6 Å². The van der Waals surface area contributed by atoms with Gasteiger partial charge >= 0.3 is 19.1 Å². The number of aldehydes is 2. The minimum Gasteiger partial charge on any atom is -0.480 e. The fraction of sp³-hybridized carbons (Fsp3) is 0.230. The van der Waals surface area contributed by atoms with Crippen LogP contribution in [-0.4, -0.2) is 116 Å². The number of fused-ring (bicyclic) bond motifs is 3. The summed E-state index contributed by atoms with van der Waals surface area (Å²) in [6, 6.07) is 48.5. The van der Waals surface area contributed by atoms with Crippen LogP contribution in [0.4, 0.5) is 0 Å². The number of aliphatic hydroxyl groups excluding tert-OH is 2. The van der Waals surface area contributed by atoms with Crippen LogP contribution in [0.15, 0.2) is 206 Å². The lowest BCUT2D eigenvalue weighted by Crippen LogP contribution is -2.52. The maximum absolute atomic E-state index is 11.4. The van der Waals surface area contributed by atoms with Crippen LogP contribution in [0, 0.1) is 41.5 Å². The van der Waals surface area contributed by atoms with E-state index in [2.05, 4.69) is 208 Å². The summed E-state index contributed by atoms with van der Waals surface area (Å²) in [5.41, 5.74) is 25.8. The number of carbonyl (C=O) groups is 4. The molecule has 0 radical (unpaired) electrons. The molecule has 0 amide bonds. The lowest BCUT2D eigenvalue weighted by molar-refractivity contribution is -0.146. The minimum absolute atomic E-state index is 0. The van der Waals surface area contributed by atoms with Crippen molar-refractivity contribution in [1.82, 2.24) is 33.5 Å². The topological polar surface area (TPSA) is 258 Å². The quantitative estimate of drug-likeness (QED) is 0.0265. The normalized spacial score (nSPS) is 14.0. The lowest BCUT2D eigenvalue weighted by atomic mass is 9.75. The van der Waals surface area contributed by atoms with Crippen molar-refractivity contribution < 1.29 is 48.9 Å². The van der Waals surface area contributed by atoms with Gasteiger partial charge in [-0.15, -0.1) is 0 Å². The smallest absolute Gasteiger partial charge is 0.480 e. The first-order valence-electron chi connectivity index (χ1n) is 34.5. The molecular formula is C87H94BBrN8O10. The maximum atomic E-state index is 11.4. The van der Waals surface area contributed by atoms with E-state index in [0.29, 0.717) is 17.7 Å². The number of hydrogen-bond acceptors (Lipinski definition) is 13. The molecule has 552 valence electrons. The van der Waals surface area contributed by atoms with E-state index in [9.17, 15) is 29.4 Å². The van der Waals surface area contributed by atoms with Crippen molar-refractivity contribution in [2.75, 3.05) is 13.2 Å². The number of aryl methyl sites for hydroxylation is 3. The monoisotopic (exact) mass is 1500 g/mol. The third-order valence-corrected chi connectivity index (χ3v) is 19.7. The summed E-state index contributed by atoms with van der Waals surface area (Å²) in [5, 5.41) is 38.2. The van der Waals surface area contributed by atoms with Crippen molar-refractivity contribution in [2.45, 2.75) is 119 Å². The highest BCUT2D eigenvalue weighted by Crippen LogP contribution is 2.37. The van der Waals surface area contributed by atoms with Crippen LogP contribution in [-0.2, 0) is 25.4 Å². The van der Waals surface area contributed by atoms with Gasteiger partial charge < -0.3 is 48.7 Å². The van der Waals surface area contributed by atoms with Crippen molar-refractivity contribution in [3.63, 3.8) is 0 Å². The Morgan fingerprint density at radius 3 is 1.34 bits per heavy atom. The Bertz CT molecular complexity index is 5230. The summed E-state index contributed by atoms with van der Waals surface area (Å²) in [6.45, 7) is 22.8. The van der Waals surface area contributed by atoms with Gasteiger partial charge in [-0.3, -0.25) is 24.5 Å². The van der Waals surface area contributed by atoms with Gasteiger partial charge in [0.2, 0.25) is 0 Å². The molecule has 0 aliphatic carbocycles. The van der Waals surface area contributed by atoms with Crippen LogP contribution >= 0.6 is 15.9 Å². The van der Waals surface area contributed by atoms with Gasteiger partial charge in [-0.2, -0.15) is 0 Å². The van der Waals surface area contributed by atoms with Crippen molar-refractivity contribution in [1.29, 1.82) is 0 Å². The number of carboxylic acid groups (broad SMARTS) is 2. The average Bonchev–Trinajstić information content (AvgIpc) is 1.64. The third kappa shape index (κ3) is 20.4. The molecule has 12 aromatic rings. The van der Waals surface area contributed by atoms with Crippen LogP contribution in [0.1, 0.15) is 142 Å². The summed E-state index contributed by atoms with van der Waals surface area (Å²) >= 11 is 3.37. The van der Waals surface area contributed by atoms with E-state index >= 15 is 0 Å². The molecule has 107 heavy (non-hydrogen) atoms. The molecule has 6 aromatic heterocycles. The predicted octanol–water partition coefficient (Wildman–Crippen LogP) is 16.4. The highest BCUT2D eigenvalue weighted by Gasteiger charge is 2.52. The number of pyridine rings is 3. The highest BCUT2D eigenvalue weighted by molar-refractivity contribution is 9.10. The summed E-state index contributed by atoms with van der Waals surface area (Å²) in [6.07, 6.45) is 31.7. The van der Waals surface area contributed by atoms with Crippen LogP contribution in [0.5, 0.6) is 0 Å². The fourth-order valence-electron chi connectivity index (χ4n) is 11.3. The zero-order chi connectivity index (χ0) is 76.7. The average molecular weight is 1500 g/mol. The highest BCUT2D eigenvalue weighted by atomic mass is 79.9. The van der Waals surface area contributed by atoms with Crippen LogP contribution in [0.3, 0.4) is 0 Å². The second-order valence-corrected chi connectivity index (χ2v) is 28.6. The standard InChI is InChI=1S/C28H29N3O3.C24H20N2O.C23H27BO3.C7H5BrN2.C4H9NO3.CH4/c1-19-7-8-21(16-30-28(3,18-32)27(33)34)15-23(19)10-9-22-5-4-6-25(20(22)2)24-11-12-26-29-13-14-31(26)17-24;1-17-6-7-19(16-27)14-21(17)9-8-20-4-3-5-23(18(20)2)22-10-11-24-25-12-13-26(24)15-22;1-16-10-11-18(15-25)14-20(16)13-12-19-8-7-9-21(17(19)2)24-26-22(3,4)23(5,6)27-24;8-6-1-2-7-9-3-4-10(7)5-6;1-4(5,2-6)3(7)8;/h4-15,17,30,32H,16,18H2,1-3H3,(H,33,34);3-16H,1-2H3;7-15H,1-6H3;1-5H;6H,2,5H2,1H3,(H,7,8);1H4/b10-9+;9-8+;13-12+;;;/t28-;;;;4-;/m0...0./s1. The molecule has 1 aliphatic rings. The summed E-state index contributed by atoms with van der Waals surface area (Å²) in [5.74, 6) is -2.27. The first-order chi connectivity index (χ1) is 50.5. The Kier molecular flexibility index (Phi) is 27.5. The number of aromatic nitrogens is 6. The predicted molar refractivity (Wildman–Crippen MR) is 436 cm³/mol. The fourth-order valence-corrected chi connectivity index (χ4v) is 11.7. The van der Waals surface area contributed by atoms with Gasteiger partial charge in [-0.1, -0.05) is 141 Å². The zero-order valence-electron chi connectivity index (χ0n) is 61.7. The van der Waals surface area contributed by atoms with E-state index < -0.39 is 36.2 Å². The third-order valence-electron chi connectivity index (χ3n) is 19.3. The molecule has 1 fully saturated rings. The Balaban J connectivity index is 0.000000181. The van der Waals surface area contributed by atoms with Crippen LogP contribution in [0.25, 0.3) is 75.7 Å². The number of aliphatic hydroxyl groups is 2. The van der Waals surface area contributed by atoms with E-state index in [1.165, 1.54) is 36.1 Å². The van der Waals surface area contributed by atoms with Crippen molar-refractivity contribution in [2.24, 2.45) is 5.73 Å². The van der Waals surface area contributed by atoms with Gasteiger partial charge in [0.25, 0.3) is 0 Å². The molecule has 7 heterocycles. The number of nitrogens with zero attached hydrogens (tertiary/aromatic N) is 6. The Morgan fingerprint density at radius 1 is 0.523 bits per heavy atom. The molecule has 0 unspecified atom stereocenters. The number of rotatable bonds is 18. The van der Waals surface area contributed by atoms with E-state index in [-0.39, 0.29) is 25.7 Å². The van der Waals surface area contributed by atoms with Crippen molar-refractivity contribution >= 4 is 106 Å². The van der Waals surface area contributed by atoms with Crippen LogP contribution in [0.2, 0.25) is 0 Å². The molecule has 0 bridgehead atoms. The summed E-state index contributed by atoms with van der Waals surface area (Å²) in [7, 11) is -0.372. The maximum Gasteiger partial charge on any atom is 0.495 e. The second kappa shape index (κ2) is 36.0. The molecule has 18 nitrogen and oxygen atoms in total. The summed E-state index contributed by atoms with van der Waals surface area (Å²) < 4.78 is 19.5. The number of hydrogen-bond donors (Lipinski definition) is 6. The van der Waals surface area contributed by atoms with Gasteiger partial charge in [-0.05, 0) is 248 Å². The van der Waals surface area contributed by atoms with Gasteiger partial charge in [0, 0.05) is 77.9 Å². The van der Waals surface area contributed by atoms with Crippen LogP contribution < -0.4 is 16.5 Å². The largest absolute Gasteiger partial charge is 0.495 e. The summed E-state index contributed by atoms with van der Waals surface area (Å²) in [4.78, 5) is 56.2. The number of nitrogens with two attached hydrogens (primary N) is 1. The molecule has 0 saturated carbocycles. The molecule has 0 spiro atoms. The molecular weight excluding hydrogens is 1410 g/mol. The second-order valence-electron chi connectivity index (χ2n) is 27.6. The zero-order valence-corrected chi connectivity index (χ0v) is 63.3. The first kappa shape index (κ1) is 81.9. The van der Waals surface area contributed by atoms with E-state index in [1.54, 1.807) is 18.6 Å². The SMILES string of the molecule is Brc1ccc2nccn2c1.C.C[C@](N)(CO)C(=O)O.Cc1ccc(C=O)cc1/C=C/c1cccc(-c2ccc3nccn3c2)c1C.Cc1ccc(C=O)cc1/C=C/c1cccc(B2OC(C)(C)C(C)(C)O2)c1C.Cc1ccc(CN[C@@](C)(CO)C(=O)O)cc1/C=C/c1cccc(-c2ccc3nccn3c2)c1C. The van der Waals surface area contributed by atoms with E-state index in [0.717, 1.165) is 112 Å². The molecule has 1 saturated heterocycles. The van der Waals surface area contributed by atoms with Gasteiger partial charge in [-0.25, -0.2) is 15.0 Å². The number of nitrogens with one attached hydrogen (secondary N) is 1. The number of carboxylic acids is 2. The number of benzene rings is 6. The number of halogens is 1. The van der Waals surface area contributed by atoms with Gasteiger partial charge in [0.05, 0.1) is 24.4 Å². The lowest BCUT2D eigenvalue weighted by Gasteiger charge is -2.32. The minimum atomic E-state index is -1.49. The van der Waals surface area contributed by atoms with Crippen molar-refractivity contribution in [3.8, 4) is 22.3 Å². The van der Waals surface area contributed by atoms with E-state index in [1.807, 2.05) is 130 Å². The molecule has 6 aromatic carbocycles. The number of aliphatic carboxylic acids is 2. The molecule has 13 rings (SSSR count). The van der Waals surface area contributed by atoms with Crippen molar-refractivity contribution in [3.05, 3.63) is 289 Å². The molecule has 20 heteroatoms. The molecule has 7 N–H and O–H groups in total. The Labute approximate surface area is 635 Å². The Morgan fingerprint density at radius 2 is 0.925 bits per heavy atom.